The summed E-state index contributed by atoms with van der Waals surface area (Å²) in [5.74, 6) is -2.30. The number of carboxylic acids is 2. The molecule has 158 valence electrons. The summed E-state index contributed by atoms with van der Waals surface area (Å²) in [6, 6.07) is -0.630. The van der Waals surface area contributed by atoms with Crippen molar-refractivity contribution in [3.63, 3.8) is 0 Å². The summed E-state index contributed by atoms with van der Waals surface area (Å²) in [4.78, 5) is 38.0. The number of likely N-dealkylation sites (tertiary alicyclic amines) is 2. The third kappa shape index (κ3) is 6.29. The van der Waals surface area contributed by atoms with E-state index in [2.05, 4.69) is 4.90 Å². The minimum atomic E-state index is -1.03. The highest BCUT2D eigenvalue weighted by Crippen LogP contribution is 2.26. The van der Waals surface area contributed by atoms with Gasteiger partial charge >= 0.3 is 17.9 Å². The summed E-state index contributed by atoms with van der Waals surface area (Å²) < 4.78 is 5.07. The van der Waals surface area contributed by atoms with Crippen LogP contribution < -0.4 is 0 Å². The molecule has 2 aliphatic heterocycles. The largest absolute Gasteiger partial charge is 0.481 e. The number of carbonyl (C=O) groups excluding carboxylic acids is 1. The first kappa shape index (κ1) is 22.3. The van der Waals surface area contributed by atoms with Crippen molar-refractivity contribution < 1.29 is 34.4 Å². The number of rotatable bonds is 8. The highest BCUT2D eigenvalue weighted by atomic mass is 16.5. The molecular formula is C19H30N2O7. The maximum Gasteiger partial charge on any atom is 0.317 e. The van der Waals surface area contributed by atoms with Gasteiger partial charge in [-0.1, -0.05) is 6.08 Å². The van der Waals surface area contributed by atoms with E-state index in [1.165, 1.54) is 0 Å². The van der Waals surface area contributed by atoms with E-state index in [0.717, 1.165) is 0 Å². The van der Waals surface area contributed by atoms with Gasteiger partial charge in [-0.15, -0.1) is 0 Å². The molecule has 0 aromatic carbocycles. The Morgan fingerprint density at radius 2 is 1.79 bits per heavy atom. The molecular weight excluding hydrogens is 368 g/mol. The first-order valence-corrected chi connectivity index (χ1v) is 9.76. The molecule has 3 N–H and O–H groups in total. The fourth-order valence-electron chi connectivity index (χ4n) is 3.94. The molecule has 0 aliphatic carbocycles. The van der Waals surface area contributed by atoms with E-state index < -0.39 is 24.1 Å². The van der Waals surface area contributed by atoms with Crippen molar-refractivity contribution in [2.75, 3.05) is 39.3 Å². The predicted octanol–water partition coefficient (Wildman–Crippen LogP) is 0.182. The van der Waals surface area contributed by atoms with E-state index in [-0.39, 0.29) is 24.9 Å². The number of hydrogen-bond donors (Lipinski definition) is 3. The van der Waals surface area contributed by atoms with Crippen LogP contribution in [0, 0.1) is 5.92 Å². The molecule has 2 atom stereocenters. The number of piperidine rings is 2. The lowest BCUT2D eigenvalue weighted by Gasteiger charge is -2.39. The Morgan fingerprint density at radius 3 is 2.36 bits per heavy atom. The molecule has 0 amide bonds. The molecule has 0 aromatic heterocycles. The highest BCUT2D eigenvalue weighted by molar-refractivity contribution is 5.72. The quantitative estimate of drug-likeness (QED) is 0.387. The maximum atomic E-state index is 11.8. The summed E-state index contributed by atoms with van der Waals surface area (Å²) in [5.41, 5.74) is 0.572. The fourth-order valence-corrected chi connectivity index (χ4v) is 3.94. The summed E-state index contributed by atoms with van der Waals surface area (Å²) in [6.07, 6.45) is 2.59. The van der Waals surface area contributed by atoms with Crippen LogP contribution in [-0.4, -0.2) is 94.5 Å². The van der Waals surface area contributed by atoms with E-state index in [1.54, 1.807) is 11.8 Å². The van der Waals surface area contributed by atoms with E-state index >= 15 is 0 Å². The van der Waals surface area contributed by atoms with Gasteiger partial charge in [0, 0.05) is 19.1 Å². The van der Waals surface area contributed by atoms with Crippen molar-refractivity contribution >= 4 is 17.9 Å². The summed E-state index contributed by atoms with van der Waals surface area (Å²) in [5, 5.41) is 28.7. The molecule has 0 radical (unpaired) electrons. The standard InChI is InChI=1S/C19H30N2O7/c1-2-28-19(27)13-3-7-20(8-4-13)9-5-14-15(11-17(23)24)21(12-18(25)26)10-6-16(14)22/h5,13,15-16,22H,2-4,6-12H2,1H3,(H,23,24)(H,25,26). The van der Waals surface area contributed by atoms with Crippen molar-refractivity contribution in [1.82, 2.24) is 9.80 Å². The van der Waals surface area contributed by atoms with Crippen LogP contribution in [0.1, 0.15) is 32.6 Å². The zero-order valence-corrected chi connectivity index (χ0v) is 16.2. The first-order valence-electron chi connectivity index (χ1n) is 9.76. The second-order valence-electron chi connectivity index (χ2n) is 7.31. The monoisotopic (exact) mass is 398 g/mol. The molecule has 28 heavy (non-hydrogen) atoms. The van der Waals surface area contributed by atoms with Gasteiger partial charge in [-0.05, 0) is 44.8 Å². The smallest absolute Gasteiger partial charge is 0.317 e. The fraction of sp³-hybridized carbons (Fsp3) is 0.737. The summed E-state index contributed by atoms with van der Waals surface area (Å²) in [6.45, 7) is 4.20. The normalized spacial score (nSPS) is 26.3. The minimum absolute atomic E-state index is 0.0880. The van der Waals surface area contributed by atoms with Crippen LogP contribution >= 0.6 is 0 Å². The Bertz CT molecular complexity index is 599. The first-order chi connectivity index (χ1) is 13.3. The minimum Gasteiger partial charge on any atom is -0.481 e. The second kappa shape index (κ2) is 10.5. The molecule has 2 saturated heterocycles. The van der Waals surface area contributed by atoms with Crippen LogP contribution in [0.2, 0.25) is 0 Å². The summed E-state index contributed by atoms with van der Waals surface area (Å²) >= 11 is 0. The molecule has 0 bridgehead atoms. The lowest BCUT2D eigenvalue weighted by molar-refractivity contribution is -0.149. The maximum absolute atomic E-state index is 11.8. The molecule has 2 heterocycles. The van der Waals surface area contributed by atoms with Gasteiger partial charge < -0.3 is 20.1 Å². The van der Waals surface area contributed by atoms with E-state index in [4.69, 9.17) is 9.84 Å². The zero-order valence-electron chi connectivity index (χ0n) is 16.2. The topological polar surface area (TPSA) is 128 Å². The molecule has 2 rings (SSSR count). The Labute approximate surface area is 164 Å². The Kier molecular flexibility index (Phi) is 8.40. The lowest BCUT2D eigenvalue weighted by Crippen LogP contribution is -2.49. The summed E-state index contributed by atoms with van der Waals surface area (Å²) in [7, 11) is 0. The zero-order chi connectivity index (χ0) is 20.7. The van der Waals surface area contributed by atoms with Crippen LogP contribution in [0.4, 0.5) is 0 Å². The predicted molar refractivity (Wildman–Crippen MR) is 99.8 cm³/mol. The Morgan fingerprint density at radius 1 is 1.11 bits per heavy atom. The van der Waals surface area contributed by atoms with Crippen LogP contribution in [0.25, 0.3) is 0 Å². The molecule has 0 spiro atoms. The Hall–Kier alpha value is -1.97. The van der Waals surface area contributed by atoms with Gasteiger partial charge in [-0.3, -0.25) is 24.2 Å². The van der Waals surface area contributed by atoms with Crippen LogP contribution in [0.3, 0.4) is 0 Å². The highest BCUT2D eigenvalue weighted by Gasteiger charge is 2.34. The molecule has 0 saturated carbocycles. The number of carboxylic acid groups (broad SMARTS) is 2. The average Bonchev–Trinajstić information content (AvgIpc) is 2.63. The van der Waals surface area contributed by atoms with Crippen molar-refractivity contribution in [3.05, 3.63) is 11.6 Å². The van der Waals surface area contributed by atoms with Gasteiger partial charge in [-0.2, -0.15) is 0 Å². The number of nitrogens with zero attached hydrogens (tertiary/aromatic N) is 2. The van der Waals surface area contributed by atoms with Crippen molar-refractivity contribution in [3.8, 4) is 0 Å². The lowest BCUT2D eigenvalue weighted by atomic mass is 9.89. The molecule has 2 fully saturated rings. The van der Waals surface area contributed by atoms with Gasteiger partial charge in [0.05, 0.1) is 31.6 Å². The average molecular weight is 398 g/mol. The molecule has 2 unspecified atom stereocenters. The number of aliphatic hydroxyl groups is 1. The van der Waals surface area contributed by atoms with Gasteiger partial charge in [0.2, 0.25) is 0 Å². The van der Waals surface area contributed by atoms with Crippen LogP contribution in [-0.2, 0) is 19.1 Å². The van der Waals surface area contributed by atoms with Crippen molar-refractivity contribution in [1.29, 1.82) is 0 Å². The van der Waals surface area contributed by atoms with Crippen LogP contribution in [0.5, 0.6) is 0 Å². The third-order valence-electron chi connectivity index (χ3n) is 5.40. The second-order valence-corrected chi connectivity index (χ2v) is 7.31. The molecule has 9 nitrogen and oxygen atoms in total. The number of ether oxygens (including phenoxy) is 1. The number of esters is 1. The third-order valence-corrected chi connectivity index (χ3v) is 5.40. The van der Waals surface area contributed by atoms with Gasteiger partial charge in [0.1, 0.15) is 0 Å². The molecule has 2 aliphatic rings. The van der Waals surface area contributed by atoms with E-state index in [0.29, 0.717) is 57.6 Å². The van der Waals surface area contributed by atoms with Gasteiger partial charge in [-0.25, -0.2) is 0 Å². The number of aliphatic carboxylic acids is 2. The van der Waals surface area contributed by atoms with Gasteiger partial charge in [0.25, 0.3) is 0 Å². The number of aliphatic hydroxyl groups excluding tert-OH is 1. The van der Waals surface area contributed by atoms with Crippen LogP contribution in [0.15, 0.2) is 11.6 Å². The van der Waals surface area contributed by atoms with E-state index in [1.807, 2.05) is 6.08 Å². The number of carbonyl (C=O) groups is 3. The molecule has 0 aromatic rings. The van der Waals surface area contributed by atoms with Crippen molar-refractivity contribution in [2.24, 2.45) is 5.92 Å². The van der Waals surface area contributed by atoms with E-state index in [9.17, 15) is 24.6 Å². The Balaban J connectivity index is 2.01. The van der Waals surface area contributed by atoms with Gasteiger partial charge in [0.15, 0.2) is 0 Å². The number of hydrogen-bond acceptors (Lipinski definition) is 7. The molecule has 9 heteroatoms. The van der Waals surface area contributed by atoms with Crippen molar-refractivity contribution in [2.45, 2.75) is 44.8 Å². The SMILES string of the molecule is CCOC(=O)C1CCN(CC=C2C(O)CCN(CC(=O)O)C2CC(=O)O)CC1.